The maximum Gasteiger partial charge on any atom is 0.410 e. The Kier molecular flexibility index (Phi) is 7.81. The molecule has 2 atom stereocenters. The fourth-order valence-electron chi connectivity index (χ4n) is 3.76. The molecule has 3 rings (SSSR count). The lowest BCUT2D eigenvalue weighted by atomic mass is 10.0. The van der Waals surface area contributed by atoms with Gasteiger partial charge in [-0.15, -0.1) is 0 Å². The third-order valence-corrected chi connectivity index (χ3v) is 5.50. The Morgan fingerprint density at radius 3 is 2.26 bits per heavy atom. The van der Waals surface area contributed by atoms with Gasteiger partial charge in [0, 0.05) is 12.2 Å². The van der Waals surface area contributed by atoms with Crippen LogP contribution < -0.4 is 15.4 Å². The average Bonchev–Trinajstić information content (AvgIpc) is 3.28. The van der Waals surface area contributed by atoms with Gasteiger partial charge in [-0.2, -0.15) is 0 Å². The lowest BCUT2D eigenvalue weighted by Gasteiger charge is -2.29. The molecule has 0 aromatic heterocycles. The lowest BCUT2D eigenvalue weighted by molar-refractivity contribution is -0.129. The zero-order chi connectivity index (χ0) is 24.9. The van der Waals surface area contributed by atoms with Gasteiger partial charge in [-0.1, -0.05) is 29.8 Å². The minimum Gasteiger partial charge on any atom is -0.497 e. The maximum atomic E-state index is 13.3. The molecule has 34 heavy (non-hydrogen) atoms. The van der Waals surface area contributed by atoms with Crippen molar-refractivity contribution in [1.29, 1.82) is 0 Å². The number of amides is 3. The van der Waals surface area contributed by atoms with Gasteiger partial charge in [0.15, 0.2) is 0 Å². The Labute approximate surface area is 200 Å². The summed E-state index contributed by atoms with van der Waals surface area (Å²) < 4.78 is 10.6. The zero-order valence-corrected chi connectivity index (χ0v) is 20.4. The van der Waals surface area contributed by atoms with Gasteiger partial charge in [-0.3, -0.25) is 14.5 Å². The van der Waals surface area contributed by atoms with E-state index < -0.39 is 23.8 Å². The molecule has 182 valence electrons. The molecule has 1 heterocycles. The van der Waals surface area contributed by atoms with Crippen LogP contribution in [-0.4, -0.2) is 48.1 Å². The molecule has 8 nitrogen and oxygen atoms in total. The molecule has 1 fully saturated rings. The first-order valence-electron chi connectivity index (χ1n) is 11.4. The van der Waals surface area contributed by atoms with Crippen molar-refractivity contribution in [3.63, 3.8) is 0 Å². The van der Waals surface area contributed by atoms with Crippen LogP contribution in [-0.2, 0) is 14.3 Å². The fourth-order valence-corrected chi connectivity index (χ4v) is 3.76. The second-order valence-corrected chi connectivity index (χ2v) is 9.40. The first-order valence-corrected chi connectivity index (χ1v) is 11.4. The summed E-state index contributed by atoms with van der Waals surface area (Å²) >= 11 is 0. The molecular weight excluding hydrogens is 434 g/mol. The molecule has 1 aliphatic rings. The normalized spacial score (nSPS) is 16.5. The van der Waals surface area contributed by atoms with E-state index in [1.54, 1.807) is 52.1 Å². The van der Waals surface area contributed by atoms with Crippen molar-refractivity contribution in [2.24, 2.45) is 0 Å². The number of nitrogens with zero attached hydrogens (tertiary/aromatic N) is 1. The first kappa shape index (κ1) is 25.1. The maximum absolute atomic E-state index is 13.3. The number of nitrogens with one attached hydrogen (secondary N) is 2. The molecule has 1 aliphatic heterocycles. The van der Waals surface area contributed by atoms with Crippen LogP contribution in [0.5, 0.6) is 5.75 Å². The van der Waals surface area contributed by atoms with Crippen LogP contribution in [0, 0.1) is 6.92 Å². The second kappa shape index (κ2) is 10.6. The van der Waals surface area contributed by atoms with E-state index >= 15 is 0 Å². The smallest absolute Gasteiger partial charge is 0.410 e. The van der Waals surface area contributed by atoms with Gasteiger partial charge in [0.05, 0.1) is 7.11 Å². The SMILES string of the molecule is COc1ccc(NC(=O)[C@@H](NC(=O)[C@@H]2CCCN2C(=O)OC(C)(C)C)c2ccc(C)cc2)cc1. The van der Waals surface area contributed by atoms with Gasteiger partial charge < -0.3 is 20.1 Å². The second-order valence-electron chi connectivity index (χ2n) is 9.40. The number of ether oxygens (including phenoxy) is 2. The summed E-state index contributed by atoms with van der Waals surface area (Å²) in [5.74, 6) is -0.104. The van der Waals surface area contributed by atoms with Gasteiger partial charge >= 0.3 is 6.09 Å². The van der Waals surface area contributed by atoms with E-state index in [2.05, 4.69) is 10.6 Å². The van der Waals surface area contributed by atoms with Crippen LogP contribution in [0.1, 0.15) is 50.8 Å². The number of aryl methyl sites for hydroxylation is 1. The third-order valence-electron chi connectivity index (χ3n) is 5.50. The number of carbonyl (C=O) groups excluding carboxylic acids is 3. The molecule has 2 N–H and O–H groups in total. The Balaban J connectivity index is 1.79. The molecule has 8 heteroatoms. The number of hydrogen-bond donors (Lipinski definition) is 2. The monoisotopic (exact) mass is 467 g/mol. The van der Waals surface area contributed by atoms with E-state index in [4.69, 9.17) is 9.47 Å². The van der Waals surface area contributed by atoms with Crippen LogP contribution in [0.2, 0.25) is 0 Å². The van der Waals surface area contributed by atoms with Gasteiger partial charge in [0.2, 0.25) is 5.91 Å². The Bertz CT molecular complexity index is 1010. The molecule has 2 aromatic carbocycles. The summed E-state index contributed by atoms with van der Waals surface area (Å²) in [5.41, 5.74) is 1.60. The van der Waals surface area contributed by atoms with Gasteiger partial charge in [0.25, 0.3) is 5.91 Å². The van der Waals surface area contributed by atoms with E-state index in [9.17, 15) is 14.4 Å². The van der Waals surface area contributed by atoms with Gasteiger partial charge in [-0.25, -0.2) is 4.79 Å². The Morgan fingerprint density at radius 2 is 1.68 bits per heavy atom. The lowest BCUT2D eigenvalue weighted by Crippen LogP contribution is -2.49. The fraction of sp³-hybridized carbons (Fsp3) is 0.423. The summed E-state index contributed by atoms with van der Waals surface area (Å²) in [7, 11) is 1.57. The van der Waals surface area contributed by atoms with Gasteiger partial charge in [-0.05, 0) is 70.4 Å². The molecule has 0 spiro atoms. The molecule has 3 amide bonds. The summed E-state index contributed by atoms with van der Waals surface area (Å²) in [4.78, 5) is 40.6. The standard InChI is InChI=1S/C26H33N3O5/c1-17-8-10-18(11-9-17)22(24(31)27-19-12-14-20(33-5)15-13-19)28-23(30)21-7-6-16-29(21)25(32)34-26(2,3)4/h8-15,21-22H,6-7,16H2,1-5H3,(H,27,31)(H,28,30)/t21-,22-/m0/s1. The van der Waals surface area contributed by atoms with Crippen molar-refractivity contribution in [1.82, 2.24) is 10.2 Å². The number of rotatable bonds is 6. The van der Waals surface area contributed by atoms with Crippen molar-refractivity contribution >= 4 is 23.6 Å². The van der Waals surface area contributed by atoms with E-state index in [0.717, 1.165) is 5.56 Å². The average molecular weight is 468 g/mol. The Morgan fingerprint density at radius 1 is 1.03 bits per heavy atom. The van der Waals surface area contributed by atoms with Crippen molar-refractivity contribution in [3.8, 4) is 5.75 Å². The quantitative estimate of drug-likeness (QED) is 0.664. The number of anilines is 1. The molecular formula is C26H33N3O5. The summed E-state index contributed by atoms with van der Waals surface area (Å²) in [6.45, 7) is 7.74. The zero-order valence-electron chi connectivity index (χ0n) is 20.4. The first-order chi connectivity index (χ1) is 16.1. The third kappa shape index (κ3) is 6.50. The topological polar surface area (TPSA) is 97.0 Å². The molecule has 2 aromatic rings. The van der Waals surface area contributed by atoms with Gasteiger partial charge in [0.1, 0.15) is 23.4 Å². The largest absolute Gasteiger partial charge is 0.497 e. The summed E-state index contributed by atoms with van der Waals surface area (Å²) in [6.07, 6.45) is 0.663. The minimum atomic E-state index is -0.934. The highest BCUT2D eigenvalue weighted by Crippen LogP contribution is 2.24. The van der Waals surface area contributed by atoms with E-state index in [-0.39, 0.29) is 11.8 Å². The van der Waals surface area contributed by atoms with Crippen molar-refractivity contribution in [2.45, 2.75) is 58.2 Å². The summed E-state index contributed by atoms with van der Waals surface area (Å²) in [6, 6.07) is 12.7. The van der Waals surface area contributed by atoms with Crippen LogP contribution in [0.4, 0.5) is 10.5 Å². The molecule has 0 unspecified atom stereocenters. The number of carbonyl (C=O) groups is 3. The number of benzene rings is 2. The number of likely N-dealkylation sites (tertiary alicyclic amines) is 1. The molecule has 0 radical (unpaired) electrons. The highest BCUT2D eigenvalue weighted by molar-refractivity contribution is 5.99. The van der Waals surface area contributed by atoms with Crippen LogP contribution in [0.25, 0.3) is 0 Å². The number of hydrogen-bond acceptors (Lipinski definition) is 5. The van der Waals surface area contributed by atoms with E-state index in [0.29, 0.717) is 36.4 Å². The van der Waals surface area contributed by atoms with Crippen molar-refractivity contribution in [3.05, 3.63) is 59.7 Å². The van der Waals surface area contributed by atoms with E-state index in [1.165, 1.54) is 4.90 Å². The van der Waals surface area contributed by atoms with Crippen molar-refractivity contribution < 1.29 is 23.9 Å². The van der Waals surface area contributed by atoms with E-state index in [1.807, 2.05) is 31.2 Å². The van der Waals surface area contributed by atoms with Crippen molar-refractivity contribution in [2.75, 3.05) is 19.0 Å². The molecule has 0 saturated carbocycles. The number of methoxy groups -OCH3 is 1. The summed E-state index contributed by atoms with van der Waals surface area (Å²) in [5, 5.41) is 5.71. The highest BCUT2D eigenvalue weighted by atomic mass is 16.6. The highest BCUT2D eigenvalue weighted by Gasteiger charge is 2.38. The minimum absolute atomic E-state index is 0.385. The van der Waals surface area contributed by atoms with Crippen LogP contribution in [0.15, 0.2) is 48.5 Å². The molecule has 0 aliphatic carbocycles. The van der Waals surface area contributed by atoms with Crippen LogP contribution in [0.3, 0.4) is 0 Å². The predicted molar refractivity (Wildman–Crippen MR) is 130 cm³/mol. The van der Waals surface area contributed by atoms with Crippen LogP contribution >= 0.6 is 0 Å². The predicted octanol–water partition coefficient (Wildman–Crippen LogP) is 4.20. The molecule has 1 saturated heterocycles. The Hall–Kier alpha value is -3.55. The molecule has 0 bridgehead atoms.